The lowest BCUT2D eigenvalue weighted by Gasteiger charge is -2.34. The molecule has 0 fully saturated rings. The smallest absolute Gasteiger partial charge is 0.164 e. The predicted octanol–water partition coefficient (Wildman–Crippen LogP) is 14.4. The SMILES string of the molecule is c1ccc(-c2nc(-c3ccccc3)nc(-c3cccc4c(-c5ccc6sc7ccc(C8(c9ccccc9)c9ccccc9-c9ccccc98)cc7c6c5)cccc34)n2)cc1. The van der Waals surface area contributed by atoms with Crippen LogP contribution in [-0.2, 0) is 5.41 Å². The van der Waals surface area contributed by atoms with Crippen molar-refractivity contribution in [2.24, 2.45) is 0 Å². The van der Waals surface area contributed by atoms with E-state index in [9.17, 15) is 0 Å². The van der Waals surface area contributed by atoms with Gasteiger partial charge in [-0.1, -0.05) is 188 Å². The molecule has 0 saturated heterocycles. The third-order valence-corrected chi connectivity index (χ3v) is 13.4. The summed E-state index contributed by atoms with van der Waals surface area (Å²) in [7, 11) is 0. The third-order valence-electron chi connectivity index (χ3n) is 12.2. The van der Waals surface area contributed by atoms with Gasteiger partial charge >= 0.3 is 0 Å². The number of hydrogen-bond acceptors (Lipinski definition) is 4. The Morgan fingerprint density at radius 2 is 0.783 bits per heavy atom. The minimum atomic E-state index is -0.448. The molecule has 4 heteroatoms. The summed E-state index contributed by atoms with van der Waals surface area (Å²) in [6, 6.07) is 76.5. The van der Waals surface area contributed by atoms with E-state index in [1.165, 1.54) is 64.7 Å². The van der Waals surface area contributed by atoms with Gasteiger partial charge in [-0.05, 0) is 79.5 Å². The van der Waals surface area contributed by atoms with Crippen molar-refractivity contribution in [2.75, 3.05) is 0 Å². The largest absolute Gasteiger partial charge is 0.208 e. The zero-order valence-corrected chi connectivity index (χ0v) is 33.3. The van der Waals surface area contributed by atoms with Gasteiger partial charge in [0.05, 0.1) is 5.41 Å². The van der Waals surface area contributed by atoms with Crippen LogP contribution in [0.15, 0.2) is 212 Å². The molecular formula is C56H35N3S. The van der Waals surface area contributed by atoms with Gasteiger partial charge in [0.25, 0.3) is 0 Å². The Balaban J connectivity index is 1.03. The van der Waals surface area contributed by atoms with Crippen molar-refractivity contribution in [3.05, 3.63) is 235 Å². The van der Waals surface area contributed by atoms with Gasteiger partial charge in [-0.2, -0.15) is 0 Å². The predicted molar refractivity (Wildman–Crippen MR) is 249 cm³/mol. The van der Waals surface area contributed by atoms with Crippen LogP contribution in [0, 0.1) is 0 Å². The Morgan fingerprint density at radius 3 is 1.42 bits per heavy atom. The third kappa shape index (κ3) is 5.31. The van der Waals surface area contributed by atoms with Crippen molar-refractivity contribution in [1.82, 2.24) is 15.0 Å². The monoisotopic (exact) mass is 781 g/mol. The van der Waals surface area contributed by atoms with Gasteiger partial charge < -0.3 is 0 Å². The maximum atomic E-state index is 5.10. The summed E-state index contributed by atoms with van der Waals surface area (Å²) >= 11 is 1.86. The first-order valence-corrected chi connectivity index (χ1v) is 21.2. The Hall–Kier alpha value is -7.53. The molecule has 11 aromatic rings. The van der Waals surface area contributed by atoms with Crippen LogP contribution < -0.4 is 0 Å². The van der Waals surface area contributed by atoms with E-state index in [1.54, 1.807) is 0 Å². The summed E-state index contributed by atoms with van der Waals surface area (Å²) < 4.78 is 2.56. The van der Waals surface area contributed by atoms with E-state index in [1.807, 2.05) is 47.7 Å². The zero-order valence-electron chi connectivity index (χ0n) is 32.5. The Bertz CT molecular complexity index is 3330. The number of nitrogens with zero attached hydrogens (tertiary/aromatic N) is 3. The van der Waals surface area contributed by atoms with Gasteiger partial charge in [0.15, 0.2) is 17.5 Å². The van der Waals surface area contributed by atoms with Gasteiger partial charge in [0.1, 0.15) is 0 Å². The van der Waals surface area contributed by atoms with E-state index >= 15 is 0 Å². The topological polar surface area (TPSA) is 38.7 Å². The first-order chi connectivity index (χ1) is 29.7. The van der Waals surface area contributed by atoms with Crippen LogP contribution >= 0.6 is 11.3 Å². The van der Waals surface area contributed by atoms with Crippen molar-refractivity contribution in [2.45, 2.75) is 5.41 Å². The van der Waals surface area contributed by atoms with Crippen molar-refractivity contribution in [3.8, 4) is 56.4 Å². The minimum absolute atomic E-state index is 0.448. The van der Waals surface area contributed by atoms with Gasteiger partial charge in [-0.25, -0.2) is 15.0 Å². The highest BCUT2D eigenvalue weighted by Gasteiger charge is 2.46. The standard InChI is InChI=1S/C56H35N3S/c1-4-16-36(17-5-1)53-57-54(37-18-6-2-7-19-37)59-55(58-53)46-27-15-25-42-41(24-14-26-43(42)46)38-30-32-51-47(34-38)48-35-40(31-33-52(48)60-51)56(39-20-8-3-9-21-39)49-28-12-10-22-44(49)45-23-11-13-29-50(45)56/h1-35H. The quantitative estimate of drug-likeness (QED) is 0.169. The van der Waals surface area contributed by atoms with Crippen LogP contribution in [0.25, 0.3) is 87.4 Å². The molecule has 1 aliphatic carbocycles. The molecule has 2 heterocycles. The van der Waals surface area contributed by atoms with E-state index < -0.39 is 5.41 Å². The van der Waals surface area contributed by atoms with Crippen LogP contribution in [0.2, 0.25) is 0 Å². The fourth-order valence-corrected chi connectivity index (χ4v) is 10.6. The summed E-state index contributed by atoms with van der Waals surface area (Å²) in [6.07, 6.45) is 0. The summed E-state index contributed by atoms with van der Waals surface area (Å²) in [5, 5.41) is 4.79. The summed E-state index contributed by atoms with van der Waals surface area (Å²) in [6.45, 7) is 0. The zero-order chi connectivity index (χ0) is 39.6. The van der Waals surface area contributed by atoms with E-state index in [0.717, 1.165) is 27.5 Å². The van der Waals surface area contributed by atoms with Crippen LogP contribution in [0.5, 0.6) is 0 Å². The molecule has 3 nitrogen and oxygen atoms in total. The molecule has 280 valence electrons. The summed E-state index contributed by atoms with van der Waals surface area (Å²) in [5.41, 5.74) is 12.6. The molecule has 1 aliphatic rings. The molecule has 60 heavy (non-hydrogen) atoms. The Kier molecular flexibility index (Phi) is 7.94. The van der Waals surface area contributed by atoms with E-state index in [2.05, 4.69) is 176 Å². The molecule has 12 rings (SSSR count). The molecular weight excluding hydrogens is 747 g/mol. The van der Waals surface area contributed by atoms with Crippen LogP contribution in [0.4, 0.5) is 0 Å². The van der Waals surface area contributed by atoms with Gasteiger partial charge in [-0.3, -0.25) is 0 Å². The maximum absolute atomic E-state index is 5.10. The van der Waals surface area contributed by atoms with Crippen molar-refractivity contribution in [1.29, 1.82) is 0 Å². The van der Waals surface area contributed by atoms with E-state index in [-0.39, 0.29) is 0 Å². The number of thiophene rings is 1. The molecule has 0 radical (unpaired) electrons. The van der Waals surface area contributed by atoms with Crippen molar-refractivity contribution >= 4 is 42.3 Å². The van der Waals surface area contributed by atoms with E-state index in [0.29, 0.717) is 17.5 Å². The van der Waals surface area contributed by atoms with Crippen LogP contribution in [-0.4, -0.2) is 15.0 Å². The normalized spacial score (nSPS) is 12.8. The van der Waals surface area contributed by atoms with Gasteiger partial charge in [0, 0.05) is 36.9 Å². The molecule has 0 unspecified atom stereocenters. The average molecular weight is 782 g/mol. The lowest BCUT2D eigenvalue weighted by atomic mass is 9.67. The second-order valence-corrected chi connectivity index (χ2v) is 16.6. The summed E-state index contributed by atoms with van der Waals surface area (Å²) in [4.78, 5) is 15.1. The Morgan fingerprint density at radius 1 is 0.300 bits per heavy atom. The number of fused-ring (bicyclic) bond motifs is 7. The maximum Gasteiger partial charge on any atom is 0.164 e. The first kappa shape index (κ1) is 34.5. The van der Waals surface area contributed by atoms with Gasteiger partial charge in [-0.15, -0.1) is 11.3 Å². The van der Waals surface area contributed by atoms with Crippen molar-refractivity contribution < 1.29 is 0 Å². The highest BCUT2D eigenvalue weighted by molar-refractivity contribution is 7.25. The molecule has 0 N–H and O–H groups in total. The lowest BCUT2D eigenvalue weighted by molar-refractivity contribution is 0.770. The van der Waals surface area contributed by atoms with Gasteiger partial charge in [0.2, 0.25) is 0 Å². The number of aromatic nitrogens is 3. The Labute approximate surface area is 352 Å². The molecule has 2 aromatic heterocycles. The first-order valence-electron chi connectivity index (χ1n) is 20.4. The second kappa shape index (κ2) is 13.8. The molecule has 0 aliphatic heterocycles. The lowest BCUT2D eigenvalue weighted by Crippen LogP contribution is -2.28. The molecule has 0 atom stereocenters. The number of hydrogen-bond donors (Lipinski definition) is 0. The van der Waals surface area contributed by atoms with Crippen molar-refractivity contribution in [3.63, 3.8) is 0 Å². The number of benzene rings is 9. The highest BCUT2D eigenvalue weighted by Crippen LogP contribution is 2.56. The van der Waals surface area contributed by atoms with E-state index in [4.69, 9.17) is 15.0 Å². The highest BCUT2D eigenvalue weighted by atomic mass is 32.1. The van der Waals surface area contributed by atoms with Crippen LogP contribution in [0.1, 0.15) is 22.3 Å². The molecule has 0 bridgehead atoms. The second-order valence-electron chi connectivity index (χ2n) is 15.5. The fraction of sp³-hybridized carbons (Fsp3) is 0.0179. The minimum Gasteiger partial charge on any atom is -0.208 e. The molecule has 0 saturated carbocycles. The molecule has 0 spiro atoms. The summed E-state index contributed by atoms with van der Waals surface area (Å²) in [5.74, 6) is 1.96. The fourth-order valence-electron chi connectivity index (χ4n) is 9.58. The number of rotatable bonds is 6. The van der Waals surface area contributed by atoms with Crippen LogP contribution in [0.3, 0.4) is 0 Å². The molecule has 0 amide bonds. The average Bonchev–Trinajstić information content (AvgIpc) is 3.85. The molecule has 9 aromatic carbocycles.